The number of fused-ring (bicyclic) bond motifs is 3. The molecule has 7 heteroatoms. The molecule has 158 valence electrons. The van der Waals surface area contributed by atoms with Gasteiger partial charge in [-0.1, -0.05) is 18.2 Å². The molecular formula is C24H22FN3O3. The third-order valence-corrected chi connectivity index (χ3v) is 5.99. The SMILES string of the molecule is Cc1nccc(OC[C@@H]2CN(C(=O)c3ccc(F)cc3)[C@H]3c4ccccc4OC[C@@H]23)n1. The highest BCUT2D eigenvalue weighted by molar-refractivity contribution is 5.94. The second-order valence-electron chi connectivity index (χ2n) is 7.94. The number of benzene rings is 2. The van der Waals surface area contributed by atoms with Crippen LogP contribution in [-0.2, 0) is 0 Å². The van der Waals surface area contributed by atoms with E-state index in [0.29, 0.717) is 37.0 Å². The molecule has 2 aliphatic rings. The fraction of sp³-hybridized carbons (Fsp3) is 0.292. The number of ether oxygens (including phenoxy) is 2. The van der Waals surface area contributed by atoms with Crippen molar-refractivity contribution in [1.82, 2.24) is 14.9 Å². The lowest BCUT2D eigenvalue weighted by Gasteiger charge is -2.34. The van der Waals surface area contributed by atoms with E-state index >= 15 is 0 Å². The number of para-hydroxylation sites is 1. The number of hydrogen-bond acceptors (Lipinski definition) is 5. The molecule has 1 aromatic heterocycles. The molecule has 5 rings (SSSR count). The summed E-state index contributed by atoms with van der Waals surface area (Å²) in [7, 11) is 0. The van der Waals surface area contributed by atoms with Gasteiger partial charge in [-0.2, -0.15) is 4.98 Å². The second-order valence-corrected chi connectivity index (χ2v) is 7.94. The van der Waals surface area contributed by atoms with Crippen LogP contribution in [0.15, 0.2) is 60.8 Å². The molecule has 0 aliphatic carbocycles. The standard InChI is InChI=1S/C24H22FN3O3/c1-15-26-11-10-22(27-15)31-13-17-12-28(24(29)16-6-8-18(25)9-7-16)23-19-4-2-3-5-21(19)30-14-20(17)23/h2-11,17,20,23H,12-14H2,1H3/t17-,20-,23-/m0/s1. The van der Waals surface area contributed by atoms with Crippen molar-refractivity contribution in [2.75, 3.05) is 19.8 Å². The summed E-state index contributed by atoms with van der Waals surface area (Å²) in [4.78, 5) is 23.7. The molecule has 3 aromatic rings. The Hall–Kier alpha value is -3.48. The van der Waals surface area contributed by atoms with Gasteiger partial charge in [0.15, 0.2) is 0 Å². The van der Waals surface area contributed by atoms with Crippen LogP contribution in [0.2, 0.25) is 0 Å². The lowest BCUT2D eigenvalue weighted by atomic mass is 9.85. The van der Waals surface area contributed by atoms with Gasteiger partial charge < -0.3 is 14.4 Å². The van der Waals surface area contributed by atoms with E-state index in [0.717, 1.165) is 11.3 Å². The number of aryl methyl sites for hydroxylation is 1. The number of amides is 1. The Morgan fingerprint density at radius 3 is 2.81 bits per heavy atom. The summed E-state index contributed by atoms with van der Waals surface area (Å²) in [5.41, 5.74) is 1.46. The van der Waals surface area contributed by atoms with Crippen molar-refractivity contribution in [3.63, 3.8) is 0 Å². The zero-order chi connectivity index (χ0) is 21.4. The van der Waals surface area contributed by atoms with E-state index in [2.05, 4.69) is 9.97 Å². The average Bonchev–Trinajstić information content (AvgIpc) is 3.17. The van der Waals surface area contributed by atoms with E-state index in [1.54, 1.807) is 12.3 Å². The normalized spacial score (nSPS) is 21.7. The maximum atomic E-state index is 13.4. The number of nitrogens with zero attached hydrogens (tertiary/aromatic N) is 3. The van der Waals surface area contributed by atoms with Crippen molar-refractivity contribution in [2.24, 2.45) is 11.8 Å². The lowest BCUT2D eigenvalue weighted by Crippen LogP contribution is -2.35. The Morgan fingerprint density at radius 1 is 1.19 bits per heavy atom. The first-order valence-electron chi connectivity index (χ1n) is 10.3. The predicted molar refractivity (Wildman–Crippen MR) is 111 cm³/mol. The average molecular weight is 419 g/mol. The minimum atomic E-state index is -0.362. The first-order valence-corrected chi connectivity index (χ1v) is 10.3. The van der Waals surface area contributed by atoms with Gasteiger partial charge in [0.25, 0.3) is 5.91 Å². The molecule has 3 atom stereocenters. The monoisotopic (exact) mass is 419 g/mol. The number of carbonyl (C=O) groups excluding carboxylic acids is 1. The van der Waals surface area contributed by atoms with E-state index in [9.17, 15) is 9.18 Å². The molecule has 3 heterocycles. The van der Waals surface area contributed by atoms with Crippen LogP contribution in [0.5, 0.6) is 11.6 Å². The highest BCUT2D eigenvalue weighted by atomic mass is 19.1. The van der Waals surface area contributed by atoms with Gasteiger partial charge in [0.05, 0.1) is 19.3 Å². The van der Waals surface area contributed by atoms with Gasteiger partial charge in [0, 0.05) is 41.8 Å². The first-order chi connectivity index (χ1) is 15.1. The maximum absolute atomic E-state index is 13.4. The summed E-state index contributed by atoms with van der Waals surface area (Å²) in [5.74, 6) is 1.63. The molecule has 0 bridgehead atoms. The molecule has 2 aromatic carbocycles. The maximum Gasteiger partial charge on any atom is 0.254 e. The Bertz CT molecular complexity index is 1110. The highest BCUT2D eigenvalue weighted by Gasteiger charge is 2.48. The van der Waals surface area contributed by atoms with E-state index < -0.39 is 0 Å². The molecule has 0 N–H and O–H groups in total. The Balaban J connectivity index is 1.44. The molecular weight excluding hydrogens is 397 g/mol. The topological polar surface area (TPSA) is 64.5 Å². The molecule has 0 spiro atoms. The number of aromatic nitrogens is 2. The Kier molecular flexibility index (Phi) is 5.02. The smallest absolute Gasteiger partial charge is 0.254 e. The van der Waals surface area contributed by atoms with Gasteiger partial charge in [-0.3, -0.25) is 4.79 Å². The van der Waals surface area contributed by atoms with Crippen molar-refractivity contribution < 1.29 is 18.7 Å². The van der Waals surface area contributed by atoms with Gasteiger partial charge >= 0.3 is 0 Å². The summed E-state index contributed by atoms with van der Waals surface area (Å²) in [6.07, 6.45) is 1.67. The number of likely N-dealkylation sites (tertiary alicyclic amines) is 1. The van der Waals surface area contributed by atoms with Gasteiger partial charge in [0.1, 0.15) is 17.4 Å². The van der Waals surface area contributed by atoms with E-state index in [-0.39, 0.29) is 29.6 Å². The van der Waals surface area contributed by atoms with Crippen LogP contribution in [0, 0.1) is 24.6 Å². The molecule has 0 unspecified atom stereocenters. The van der Waals surface area contributed by atoms with Crippen LogP contribution >= 0.6 is 0 Å². The van der Waals surface area contributed by atoms with Crippen LogP contribution < -0.4 is 9.47 Å². The van der Waals surface area contributed by atoms with Crippen molar-refractivity contribution in [1.29, 1.82) is 0 Å². The summed E-state index contributed by atoms with van der Waals surface area (Å²) < 4.78 is 25.4. The lowest BCUT2D eigenvalue weighted by molar-refractivity contribution is 0.0674. The van der Waals surface area contributed by atoms with Gasteiger partial charge in [-0.25, -0.2) is 9.37 Å². The molecule has 1 amide bonds. The molecule has 2 aliphatic heterocycles. The van der Waals surface area contributed by atoms with E-state index in [4.69, 9.17) is 9.47 Å². The zero-order valence-corrected chi connectivity index (χ0v) is 17.1. The van der Waals surface area contributed by atoms with Crippen LogP contribution in [0.3, 0.4) is 0 Å². The molecule has 6 nitrogen and oxygen atoms in total. The van der Waals surface area contributed by atoms with Crippen LogP contribution in [-0.4, -0.2) is 40.5 Å². The zero-order valence-electron chi connectivity index (χ0n) is 17.1. The number of rotatable bonds is 4. The summed E-state index contributed by atoms with van der Waals surface area (Å²) in [6.45, 7) is 3.25. The molecule has 0 radical (unpaired) electrons. The van der Waals surface area contributed by atoms with E-state index in [1.165, 1.54) is 24.3 Å². The Morgan fingerprint density at radius 2 is 2.00 bits per heavy atom. The molecule has 1 saturated heterocycles. The minimum absolute atomic E-state index is 0.0676. The third-order valence-electron chi connectivity index (χ3n) is 5.99. The molecule has 0 saturated carbocycles. The van der Waals surface area contributed by atoms with Crippen LogP contribution in [0.1, 0.15) is 27.8 Å². The largest absolute Gasteiger partial charge is 0.493 e. The second kappa shape index (κ2) is 7.98. The first kappa shape index (κ1) is 19.5. The van der Waals surface area contributed by atoms with Crippen molar-refractivity contribution in [3.05, 3.63) is 83.6 Å². The predicted octanol–water partition coefficient (Wildman–Crippen LogP) is 3.83. The van der Waals surface area contributed by atoms with Crippen LogP contribution in [0.4, 0.5) is 4.39 Å². The summed E-state index contributed by atoms with van der Waals surface area (Å²) in [5, 5.41) is 0. The van der Waals surface area contributed by atoms with E-state index in [1.807, 2.05) is 36.1 Å². The highest BCUT2D eigenvalue weighted by Crippen LogP contribution is 2.47. The minimum Gasteiger partial charge on any atom is -0.493 e. The van der Waals surface area contributed by atoms with Crippen molar-refractivity contribution in [2.45, 2.75) is 13.0 Å². The summed E-state index contributed by atoms with van der Waals surface area (Å²) in [6, 6.07) is 15.1. The fourth-order valence-electron chi connectivity index (χ4n) is 4.51. The third kappa shape index (κ3) is 3.71. The number of carbonyl (C=O) groups is 1. The fourth-order valence-corrected chi connectivity index (χ4v) is 4.51. The Labute approximate surface area is 179 Å². The van der Waals surface area contributed by atoms with Gasteiger partial charge in [0.2, 0.25) is 5.88 Å². The van der Waals surface area contributed by atoms with Crippen molar-refractivity contribution >= 4 is 5.91 Å². The van der Waals surface area contributed by atoms with Crippen LogP contribution in [0.25, 0.3) is 0 Å². The summed E-state index contributed by atoms with van der Waals surface area (Å²) >= 11 is 0. The number of hydrogen-bond donors (Lipinski definition) is 0. The molecule has 1 fully saturated rings. The van der Waals surface area contributed by atoms with Gasteiger partial charge in [-0.05, 0) is 37.3 Å². The van der Waals surface area contributed by atoms with Gasteiger partial charge in [-0.15, -0.1) is 0 Å². The quantitative estimate of drug-likeness (QED) is 0.643. The number of halogens is 1. The molecule has 31 heavy (non-hydrogen) atoms. The van der Waals surface area contributed by atoms with Crippen molar-refractivity contribution in [3.8, 4) is 11.6 Å².